The molecule has 2 atom stereocenters. The van der Waals surface area contributed by atoms with Crippen molar-refractivity contribution >= 4 is 17.4 Å². The van der Waals surface area contributed by atoms with Gasteiger partial charge in [0, 0.05) is 19.3 Å². The predicted octanol–water partition coefficient (Wildman–Crippen LogP) is 2.59. The van der Waals surface area contributed by atoms with Crippen LogP contribution < -0.4 is 5.32 Å². The van der Waals surface area contributed by atoms with Gasteiger partial charge in [0.15, 0.2) is 0 Å². The van der Waals surface area contributed by atoms with Crippen LogP contribution in [-0.4, -0.2) is 24.2 Å². The Balaban J connectivity index is 2.07. The summed E-state index contributed by atoms with van der Waals surface area (Å²) in [7, 11) is 1.73. The van der Waals surface area contributed by atoms with Crippen LogP contribution in [0, 0.1) is 11.3 Å². The number of rotatable bonds is 3. The highest BCUT2D eigenvalue weighted by Gasteiger charge is 2.25. The van der Waals surface area contributed by atoms with E-state index in [0.29, 0.717) is 28.5 Å². The maximum Gasteiger partial charge on any atom is 0.146 e. The lowest BCUT2D eigenvalue weighted by molar-refractivity contribution is 0.108. The maximum absolute atomic E-state index is 8.87. The zero-order chi connectivity index (χ0) is 12.3. The number of anilines is 1. The predicted molar refractivity (Wildman–Crippen MR) is 66.0 cm³/mol. The molecule has 1 aromatic rings. The van der Waals surface area contributed by atoms with Crippen molar-refractivity contribution in [2.75, 3.05) is 12.4 Å². The Morgan fingerprint density at radius 1 is 1.59 bits per heavy atom. The molecular weight excluding hydrogens is 238 g/mol. The Morgan fingerprint density at radius 3 is 3.06 bits per heavy atom. The van der Waals surface area contributed by atoms with Crippen molar-refractivity contribution in [2.45, 2.75) is 31.4 Å². The molecule has 90 valence electrons. The monoisotopic (exact) mass is 251 g/mol. The number of hydrogen-bond acceptors (Lipinski definition) is 4. The summed E-state index contributed by atoms with van der Waals surface area (Å²) >= 11 is 6.08. The summed E-state index contributed by atoms with van der Waals surface area (Å²) in [6, 6.07) is 3.97. The molecule has 2 unspecified atom stereocenters. The first kappa shape index (κ1) is 12.2. The number of hydrogen-bond donors (Lipinski definition) is 1. The lowest BCUT2D eigenvalue weighted by Gasteiger charge is -2.14. The molecule has 1 aromatic heterocycles. The molecule has 1 fully saturated rings. The normalized spacial score (nSPS) is 23.4. The van der Waals surface area contributed by atoms with E-state index in [1.165, 1.54) is 0 Å². The Morgan fingerprint density at radius 2 is 2.41 bits per heavy atom. The van der Waals surface area contributed by atoms with Gasteiger partial charge in [-0.15, -0.1) is 0 Å². The zero-order valence-corrected chi connectivity index (χ0v) is 10.4. The Labute approximate surface area is 106 Å². The second-order valence-corrected chi connectivity index (χ2v) is 4.52. The third-order valence-corrected chi connectivity index (χ3v) is 3.45. The molecule has 0 aliphatic heterocycles. The largest absolute Gasteiger partial charge is 0.381 e. The van der Waals surface area contributed by atoms with Gasteiger partial charge >= 0.3 is 0 Å². The molecule has 1 saturated carbocycles. The highest BCUT2D eigenvalue weighted by Crippen LogP contribution is 2.28. The van der Waals surface area contributed by atoms with Crippen LogP contribution in [0.5, 0.6) is 0 Å². The summed E-state index contributed by atoms with van der Waals surface area (Å²) in [4.78, 5) is 4.17. The Hall–Kier alpha value is -1.31. The van der Waals surface area contributed by atoms with Gasteiger partial charge in [-0.25, -0.2) is 4.98 Å². The van der Waals surface area contributed by atoms with Gasteiger partial charge in [-0.1, -0.05) is 11.6 Å². The highest BCUT2D eigenvalue weighted by atomic mass is 35.5. The van der Waals surface area contributed by atoms with Crippen LogP contribution >= 0.6 is 11.6 Å². The fourth-order valence-corrected chi connectivity index (χ4v) is 2.32. The minimum atomic E-state index is 0.311. The molecule has 0 amide bonds. The summed E-state index contributed by atoms with van der Waals surface area (Å²) in [6.07, 6.45) is 4.93. The third-order valence-electron chi connectivity index (χ3n) is 3.07. The second kappa shape index (κ2) is 5.35. The average molecular weight is 252 g/mol. The van der Waals surface area contributed by atoms with Gasteiger partial charge in [0.2, 0.25) is 0 Å². The van der Waals surface area contributed by atoms with Crippen LogP contribution in [0.15, 0.2) is 12.3 Å². The first-order valence-electron chi connectivity index (χ1n) is 5.58. The Kier molecular flexibility index (Phi) is 3.82. The summed E-state index contributed by atoms with van der Waals surface area (Å²) in [5.74, 6) is 0.590. The molecule has 0 spiro atoms. The number of pyridine rings is 1. The fraction of sp³-hybridized carbons (Fsp3) is 0.500. The van der Waals surface area contributed by atoms with Crippen molar-refractivity contribution in [3.05, 3.63) is 22.8 Å². The van der Waals surface area contributed by atoms with Crippen molar-refractivity contribution in [2.24, 2.45) is 0 Å². The van der Waals surface area contributed by atoms with Gasteiger partial charge in [-0.3, -0.25) is 0 Å². The topological polar surface area (TPSA) is 57.9 Å². The van der Waals surface area contributed by atoms with E-state index in [9.17, 15) is 0 Å². The van der Waals surface area contributed by atoms with Crippen LogP contribution in [0.4, 0.5) is 5.82 Å². The van der Waals surface area contributed by atoms with E-state index in [-0.39, 0.29) is 0 Å². The van der Waals surface area contributed by atoms with Crippen molar-refractivity contribution in [1.29, 1.82) is 5.26 Å². The van der Waals surface area contributed by atoms with Crippen LogP contribution in [0.25, 0.3) is 0 Å². The lowest BCUT2D eigenvalue weighted by Crippen LogP contribution is -2.18. The molecular formula is C12H14ClN3O. The second-order valence-electron chi connectivity index (χ2n) is 4.14. The van der Waals surface area contributed by atoms with Crippen LogP contribution in [-0.2, 0) is 4.74 Å². The van der Waals surface area contributed by atoms with E-state index in [1.54, 1.807) is 19.4 Å². The van der Waals surface area contributed by atoms with Crippen LogP contribution in [0.3, 0.4) is 0 Å². The lowest BCUT2D eigenvalue weighted by atomic mass is 10.2. The summed E-state index contributed by atoms with van der Waals surface area (Å²) in [6.45, 7) is 0. The first-order valence-corrected chi connectivity index (χ1v) is 5.96. The van der Waals surface area contributed by atoms with Crippen LogP contribution in [0.1, 0.15) is 24.8 Å². The molecule has 2 rings (SSSR count). The zero-order valence-electron chi connectivity index (χ0n) is 9.61. The van der Waals surface area contributed by atoms with Gasteiger partial charge in [0.1, 0.15) is 16.9 Å². The van der Waals surface area contributed by atoms with E-state index in [0.717, 1.165) is 19.3 Å². The van der Waals surface area contributed by atoms with E-state index in [4.69, 9.17) is 21.6 Å². The standard InChI is InChI=1S/C12H14ClN3O/c1-17-10-3-2-9(6-10)16-12-11(13)8(7-14)4-5-15-12/h4-5,9-10H,2-3,6H2,1H3,(H,15,16). The number of nitrogens with zero attached hydrogens (tertiary/aromatic N) is 2. The number of methoxy groups -OCH3 is 1. The molecule has 1 heterocycles. The quantitative estimate of drug-likeness (QED) is 0.897. The number of ether oxygens (including phenoxy) is 1. The van der Waals surface area contributed by atoms with Gasteiger partial charge in [0.25, 0.3) is 0 Å². The van der Waals surface area contributed by atoms with Crippen molar-refractivity contribution < 1.29 is 4.74 Å². The SMILES string of the molecule is COC1CCC(Nc2nccc(C#N)c2Cl)C1. The molecule has 0 saturated heterocycles. The molecule has 0 bridgehead atoms. The Bertz CT molecular complexity index is 444. The average Bonchev–Trinajstić information content (AvgIpc) is 2.79. The summed E-state index contributed by atoms with van der Waals surface area (Å²) in [5, 5.41) is 12.5. The molecule has 0 radical (unpaired) electrons. The molecule has 5 heteroatoms. The number of nitrogens with one attached hydrogen (secondary N) is 1. The molecule has 0 aromatic carbocycles. The number of halogens is 1. The molecule has 17 heavy (non-hydrogen) atoms. The van der Waals surface area contributed by atoms with E-state index in [2.05, 4.69) is 10.3 Å². The van der Waals surface area contributed by atoms with Crippen molar-refractivity contribution in [3.8, 4) is 6.07 Å². The highest BCUT2D eigenvalue weighted by molar-refractivity contribution is 6.34. The van der Waals surface area contributed by atoms with Crippen molar-refractivity contribution in [3.63, 3.8) is 0 Å². The number of nitriles is 1. The molecule has 4 nitrogen and oxygen atoms in total. The van der Waals surface area contributed by atoms with Gasteiger partial charge in [-0.2, -0.15) is 5.26 Å². The van der Waals surface area contributed by atoms with E-state index >= 15 is 0 Å². The first-order chi connectivity index (χ1) is 8.24. The van der Waals surface area contributed by atoms with Gasteiger partial charge in [-0.05, 0) is 25.3 Å². The van der Waals surface area contributed by atoms with E-state index in [1.807, 2.05) is 6.07 Å². The fourth-order valence-electron chi connectivity index (χ4n) is 2.11. The van der Waals surface area contributed by atoms with Gasteiger partial charge in [0.05, 0.1) is 11.7 Å². The van der Waals surface area contributed by atoms with E-state index < -0.39 is 0 Å². The molecule has 1 aliphatic rings. The maximum atomic E-state index is 8.87. The van der Waals surface area contributed by atoms with Crippen LogP contribution in [0.2, 0.25) is 5.02 Å². The van der Waals surface area contributed by atoms with Gasteiger partial charge < -0.3 is 10.1 Å². The smallest absolute Gasteiger partial charge is 0.146 e. The minimum absolute atomic E-state index is 0.311. The third kappa shape index (κ3) is 2.68. The minimum Gasteiger partial charge on any atom is -0.381 e. The summed E-state index contributed by atoms with van der Waals surface area (Å²) in [5.41, 5.74) is 0.449. The summed E-state index contributed by atoms with van der Waals surface area (Å²) < 4.78 is 5.31. The molecule has 1 N–H and O–H groups in total. The molecule has 1 aliphatic carbocycles. The number of aromatic nitrogens is 1. The van der Waals surface area contributed by atoms with Crippen molar-refractivity contribution in [1.82, 2.24) is 4.98 Å².